The van der Waals surface area contributed by atoms with Crippen molar-refractivity contribution < 1.29 is 19.3 Å². The van der Waals surface area contributed by atoms with Crippen LogP contribution in [0.1, 0.15) is 24.6 Å². The summed E-state index contributed by atoms with van der Waals surface area (Å²) in [5.41, 5.74) is 0.563. The van der Waals surface area contributed by atoms with Crippen LogP contribution in [0.4, 0.5) is 4.39 Å². The van der Waals surface area contributed by atoms with E-state index in [0.29, 0.717) is 24.1 Å². The molecule has 2 N–H and O–H groups in total. The molecule has 26 heavy (non-hydrogen) atoms. The summed E-state index contributed by atoms with van der Waals surface area (Å²) in [6.45, 7) is 2.32. The fraction of sp³-hybridized carbons (Fsp3) is 0.474. The Bertz CT molecular complexity index is 744. The summed E-state index contributed by atoms with van der Waals surface area (Å²) in [5, 5.41) is 19.6. The van der Waals surface area contributed by atoms with Crippen molar-refractivity contribution in [1.82, 2.24) is 14.9 Å². The van der Waals surface area contributed by atoms with Crippen LogP contribution in [0, 0.1) is 17.8 Å². The van der Waals surface area contributed by atoms with Gasteiger partial charge < -0.3 is 14.9 Å². The van der Waals surface area contributed by atoms with Gasteiger partial charge >= 0.3 is 0 Å². The SMILES string of the molecule is Oc1ccc([C@@H](O)CN2C[C@H]3C[C@@H](Oc4cccnc4F)C[C@H]3C2)nc1. The Morgan fingerprint density at radius 3 is 2.62 bits per heavy atom. The minimum Gasteiger partial charge on any atom is -0.506 e. The predicted octanol–water partition coefficient (Wildman–Crippen LogP) is 2.14. The number of pyridine rings is 2. The van der Waals surface area contributed by atoms with Gasteiger partial charge in [-0.25, -0.2) is 4.98 Å². The molecule has 0 amide bonds. The highest BCUT2D eigenvalue weighted by atomic mass is 19.1. The summed E-state index contributed by atoms with van der Waals surface area (Å²) in [4.78, 5) is 9.94. The summed E-state index contributed by atoms with van der Waals surface area (Å²) >= 11 is 0. The minimum absolute atomic E-state index is 0.0227. The van der Waals surface area contributed by atoms with E-state index in [0.717, 1.165) is 25.9 Å². The van der Waals surface area contributed by atoms with Gasteiger partial charge in [0.1, 0.15) is 11.9 Å². The third-order valence-electron chi connectivity index (χ3n) is 5.35. The van der Waals surface area contributed by atoms with E-state index in [-0.39, 0.29) is 17.6 Å². The highest BCUT2D eigenvalue weighted by Crippen LogP contribution is 2.40. The van der Waals surface area contributed by atoms with Gasteiger partial charge in [-0.05, 0) is 48.9 Å². The number of aromatic hydroxyl groups is 1. The number of hydrogen-bond acceptors (Lipinski definition) is 6. The lowest BCUT2D eigenvalue weighted by Gasteiger charge is -2.22. The van der Waals surface area contributed by atoms with Gasteiger partial charge in [0.2, 0.25) is 0 Å². The molecular formula is C19H22FN3O3. The van der Waals surface area contributed by atoms with Crippen LogP contribution in [0.2, 0.25) is 0 Å². The zero-order valence-corrected chi connectivity index (χ0v) is 14.3. The Kier molecular flexibility index (Phi) is 4.74. The van der Waals surface area contributed by atoms with Gasteiger partial charge in [0.05, 0.1) is 18.0 Å². The van der Waals surface area contributed by atoms with Crippen LogP contribution in [0.25, 0.3) is 0 Å². The summed E-state index contributed by atoms with van der Waals surface area (Å²) in [6.07, 6.45) is 3.89. The second kappa shape index (κ2) is 7.17. The summed E-state index contributed by atoms with van der Waals surface area (Å²) < 4.78 is 19.4. The molecule has 2 aliphatic rings. The molecule has 4 rings (SSSR count). The van der Waals surface area contributed by atoms with Gasteiger partial charge in [0, 0.05) is 25.8 Å². The molecule has 7 heteroatoms. The lowest BCUT2D eigenvalue weighted by Crippen LogP contribution is -2.29. The number of fused-ring (bicyclic) bond motifs is 1. The molecule has 6 nitrogen and oxygen atoms in total. The third kappa shape index (κ3) is 3.64. The van der Waals surface area contributed by atoms with E-state index in [2.05, 4.69) is 14.9 Å². The Labute approximate surface area is 151 Å². The maximum Gasteiger partial charge on any atom is 0.255 e. The predicted molar refractivity (Wildman–Crippen MR) is 92.1 cm³/mol. The molecule has 3 heterocycles. The maximum atomic E-state index is 13.6. The largest absolute Gasteiger partial charge is 0.506 e. The quantitative estimate of drug-likeness (QED) is 0.797. The fourth-order valence-corrected chi connectivity index (χ4v) is 4.16. The number of hydrogen-bond donors (Lipinski definition) is 2. The molecule has 1 saturated carbocycles. The van der Waals surface area contributed by atoms with Crippen LogP contribution in [0.3, 0.4) is 0 Å². The maximum absolute atomic E-state index is 13.6. The van der Waals surface area contributed by atoms with Gasteiger partial charge in [0.15, 0.2) is 5.75 Å². The number of ether oxygens (including phenoxy) is 1. The van der Waals surface area contributed by atoms with E-state index >= 15 is 0 Å². The summed E-state index contributed by atoms with van der Waals surface area (Å²) in [7, 11) is 0. The van der Waals surface area contributed by atoms with Crippen LogP contribution in [0.5, 0.6) is 11.5 Å². The summed E-state index contributed by atoms with van der Waals surface area (Å²) in [6, 6.07) is 6.46. The first-order valence-electron chi connectivity index (χ1n) is 8.91. The van der Waals surface area contributed by atoms with E-state index in [1.807, 2.05) is 0 Å². The molecule has 0 spiro atoms. The van der Waals surface area contributed by atoms with Crippen LogP contribution in [-0.4, -0.2) is 50.8 Å². The smallest absolute Gasteiger partial charge is 0.255 e. The van der Waals surface area contributed by atoms with Crippen LogP contribution < -0.4 is 4.74 Å². The Balaban J connectivity index is 1.29. The molecule has 138 valence electrons. The molecule has 4 atom stereocenters. The molecule has 0 aromatic carbocycles. The third-order valence-corrected chi connectivity index (χ3v) is 5.35. The van der Waals surface area contributed by atoms with E-state index in [1.54, 1.807) is 18.2 Å². The average molecular weight is 359 g/mol. The number of likely N-dealkylation sites (tertiary alicyclic amines) is 1. The van der Waals surface area contributed by atoms with Crippen molar-refractivity contribution in [1.29, 1.82) is 0 Å². The average Bonchev–Trinajstić information content (AvgIpc) is 3.15. The molecule has 0 unspecified atom stereocenters. The van der Waals surface area contributed by atoms with Crippen molar-refractivity contribution in [3.05, 3.63) is 48.3 Å². The lowest BCUT2D eigenvalue weighted by atomic mass is 10.0. The number of halogens is 1. The highest BCUT2D eigenvalue weighted by molar-refractivity contribution is 5.20. The second-order valence-electron chi connectivity index (χ2n) is 7.20. The molecule has 1 aliphatic heterocycles. The molecule has 2 aromatic rings. The van der Waals surface area contributed by atoms with Crippen molar-refractivity contribution in [2.75, 3.05) is 19.6 Å². The van der Waals surface area contributed by atoms with Crippen molar-refractivity contribution in [3.8, 4) is 11.5 Å². The first-order chi connectivity index (χ1) is 12.6. The first-order valence-corrected chi connectivity index (χ1v) is 8.91. The van der Waals surface area contributed by atoms with E-state index in [1.165, 1.54) is 18.5 Å². The standard InChI is InChI=1S/C19H22FN3O3/c20-19-18(2-1-5-21-19)26-15-6-12-9-23(10-13(12)7-15)11-17(25)16-4-3-14(24)8-22-16/h1-5,8,12-13,15,17,24-25H,6-7,9-11H2/t12-,13+,15-,17-/m0/s1. The first kappa shape index (κ1) is 17.2. The molecule has 2 aromatic heterocycles. The Morgan fingerprint density at radius 2 is 1.96 bits per heavy atom. The van der Waals surface area contributed by atoms with E-state index < -0.39 is 12.1 Å². The lowest BCUT2D eigenvalue weighted by molar-refractivity contribution is 0.112. The topological polar surface area (TPSA) is 78.7 Å². The minimum atomic E-state index is -0.675. The second-order valence-corrected chi connectivity index (χ2v) is 7.20. The molecule has 0 radical (unpaired) electrons. The van der Waals surface area contributed by atoms with Gasteiger partial charge in [-0.2, -0.15) is 4.39 Å². The number of β-amino-alcohol motifs (C(OH)–C–C–N with tert-alkyl or cyclic N) is 1. The number of aliphatic hydroxyl groups is 1. The fourth-order valence-electron chi connectivity index (χ4n) is 4.16. The van der Waals surface area contributed by atoms with E-state index in [4.69, 9.17) is 4.74 Å². The number of rotatable bonds is 5. The van der Waals surface area contributed by atoms with Crippen molar-refractivity contribution in [2.45, 2.75) is 25.0 Å². The molecule has 0 bridgehead atoms. The molecule has 2 fully saturated rings. The Hall–Kier alpha value is -2.25. The zero-order chi connectivity index (χ0) is 18.1. The van der Waals surface area contributed by atoms with E-state index in [9.17, 15) is 14.6 Å². The van der Waals surface area contributed by atoms with Crippen LogP contribution in [0.15, 0.2) is 36.7 Å². The van der Waals surface area contributed by atoms with Crippen LogP contribution in [-0.2, 0) is 0 Å². The number of aromatic nitrogens is 2. The van der Waals surface area contributed by atoms with Gasteiger partial charge in [-0.1, -0.05) is 0 Å². The Morgan fingerprint density at radius 1 is 1.19 bits per heavy atom. The van der Waals surface area contributed by atoms with Crippen molar-refractivity contribution in [2.24, 2.45) is 11.8 Å². The van der Waals surface area contributed by atoms with Crippen molar-refractivity contribution >= 4 is 0 Å². The monoisotopic (exact) mass is 359 g/mol. The molecule has 1 aliphatic carbocycles. The number of aliphatic hydroxyl groups excluding tert-OH is 1. The van der Waals surface area contributed by atoms with Crippen molar-refractivity contribution in [3.63, 3.8) is 0 Å². The van der Waals surface area contributed by atoms with Gasteiger partial charge in [0.25, 0.3) is 5.95 Å². The molecular weight excluding hydrogens is 337 g/mol. The molecule has 1 saturated heterocycles. The van der Waals surface area contributed by atoms with Gasteiger partial charge in [-0.15, -0.1) is 0 Å². The van der Waals surface area contributed by atoms with Gasteiger partial charge in [-0.3, -0.25) is 9.88 Å². The number of nitrogens with zero attached hydrogens (tertiary/aromatic N) is 3. The van der Waals surface area contributed by atoms with Crippen LogP contribution >= 0.6 is 0 Å². The highest BCUT2D eigenvalue weighted by Gasteiger charge is 2.42. The summed E-state index contributed by atoms with van der Waals surface area (Å²) in [5.74, 6) is 0.756. The zero-order valence-electron chi connectivity index (χ0n) is 14.3. The normalized spacial score (nSPS) is 26.6.